The van der Waals surface area contributed by atoms with E-state index in [4.69, 9.17) is 9.47 Å². The molecule has 1 fully saturated rings. The quantitative estimate of drug-likeness (QED) is 0.652. The van der Waals surface area contributed by atoms with Crippen molar-refractivity contribution in [3.63, 3.8) is 0 Å². The summed E-state index contributed by atoms with van der Waals surface area (Å²) in [7, 11) is 3.11. The standard InChI is InChI=1S/C22H26N6O3/c1-15-6-8-27(9-7-15)20-11-21(24-13-23-20)28-12-17(25-14-28)22(29)26-16-4-5-18(30-2)19(10-16)31-3/h4-5,10-15H,6-9H2,1-3H3,(H,26,29). The number of hydrogen-bond donors (Lipinski definition) is 1. The minimum absolute atomic E-state index is 0.279. The lowest BCUT2D eigenvalue weighted by Gasteiger charge is -2.31. The van der Waals surface area contributed by atoms with Crippen molar-refractivity contribution in [3.05, 3.63) is 48.8 Å². The molecule has 1 N–H and O–H groups in total. The van der Waals surface area contributed by atoms with Crippen LogP contribution in [-0.2, 0) is 0 Å². The number of nitrogens with zero attached hydrogens (tertiary/aromatic N) is 5. The van der Waals surface area contributed by atoms with Gasteiger partial charge < -0.3 is 19.7 Å². The molecule has 1 amide bonds. The summed E-state index contributed by atoms with van der Waals surface area (Å²) in [5, 5.41) is 2.82. The van der Waals surface area contributed by atoms with Crippen LogP contribution in [-0.4, -0.2) is 52.7 Å². The summed E-state index contributed by atoms with van der Waals surface area (Å²) >= 11 is 0. The fraction of sp³-hybridized carbons (Fsp3) is 0.364. The lowest BCUT2D eigenvalue weighted by molar-refractivity contribution is 0.102. The van der Waals surface area contributed by atoms with Crippen LogP contribution >= 0.6 is 0 Å². The zero-order valence-electron chi connectivity index (χ0n) is 17.9. The molecule has 31 heavy (non-hydrogen) atoms. The zero-order valence-corrected chi connectivity index (χ0v) is 17.9. The van der Waals surface area contributed by atoms with E-state index in [9.17, 15) is 4.79 Å². The van der Waals surface area contributed by atoms with Gasteiger partial charge >= 0.3 is 0 Å². The maximum absolute atomic E-state index is 12.7. The summed E-state index contributed by atoms with van der Waals surface area (Å²) in [4.78, 5) is 27.9. The molecule has 1 aliphatic heterocycles. The van der Waals surface area contributed by atoms with Gasteiger partial charge in [0.05, 0.1) is 14.2 Å². The molecule has 9 nitrogen and oxygen atoms in total. The Labute approximate surface area is 181 Å². The van der Waals surface area contributed by atoms with Gasteiger partial charge in [-0.3, -0.25) is 9.36 Å². The first kappa shape index (κ1) is 20.6. The Morgan fingerprint density at radius 3 is 2.52 bits per heavy atom. The third-order valence-corrected chi connectivity index (χ3v) is 5.47. The van der Waals surface area contributed by atoms with Crippen molar-refractivity contribution in [1.29, 1.82) is 0 Å². The van der Waals surface area contributed by atoms with Crippen molar-refractivity contribution >= 4 is 17.4 Å². The molecule has 1 aliphatic rings. The van der Waals surface area contributed by atoms with Crippen molar-refractivity contribution in [3.8, 4) is 17.3 Å². The van der Waals surface area contributed by atoms with E-state index < -0.39 is 0 Å². The molecule has 0 unspecified atom stereocenters. The molecular weight excluding hydrogens is 396 g/mol. The highest BCUT2D eigenvalue weighted by molar-refractivity contribution is 6.02. The molecule has 0 bridgehead atoms. The van der Waals surface area contributed by atoms with Gasteiger partial charge in [0.1, 0.15) is 30.0 Å². The number of benzene rings is 1. The van der Waals surface area contributed by atoms with Crippen molar-refractivity contribution in [2.75, 3.05) is 37.5 Å². The van der Waals surface area contributed by atoms with Gasteiger partial charge in [-0.25, -0.2) is 15.0 Å². The number of carbonyl (C=O) groups excluding carboxylic acids is 1. The van der Waals surface area contributed by atoms with Crippen LogP contribution in [0.15, 0.2) is 43.1 Å². The van der Waals surface area contributed by atoms with Gasteiger partial charge in [0, 0.05) is 37.1 Å². The number of carbonyl (C=O) groups is 1. The molecule has 3 aromatic rings. The number of hydrogen-bond acceptors (Lipinski definition) is 7. The van der Waals surface area contributed by atoms with Crippen molar-refractivity contribution in [2.24, 2.45) is 5.92 Å². The van der Waals surface area contributed by atoms with Gasteiger partial charge in [0.2, 0.25) is 0 Å². The van der Waals surface area contributed by atoms with Crippen LogP contribution in [0.3, 0.4) is 0 Å². The van der Waals surface area contributed by atoms with E-state index in [1.807, 2.05) is 6.07 Å². The molecule has 0 atom stereocenters. The molecule has 0 spiro atoms. The number of piperidine rings is 1. The molecule has 0 aliphatic carbocycles. The normalized spacial score (nSPS) is 14.4. The summed E-state index contributed by atoms with van der Waals surface area (Å²) < 4.78 is 12.2. The Morgan fingerprint density at radius 1 is 1.03 bits per heavy atom. The second kappa shape index (κ2) is 9.03. The Balaban J connectivity index is 1.48. The van der Waals surface area contributed by atoms with E-state index in [1.165, 1.54) is 0 Å². The molecule has 1 aromatic carbocycles. The van der Waals surface area contributed by atoms with Crippen molar-refractivity contribution in [1.82, 2.24) is 19.5 Å². The maximum Gasteiger partial charge on any atom is 0.275 e. The second-order valence-electron chi connectivity index (χ2n) is 7.59. The van der Waals surface area contributed by atoms with E-state index in [0.29, 0.717) is 23.0 Å². The third kappa shape index (κ3) is 4.60. The van der Waals surface area contributed by atoms with Crippen LogP contribution in [0, 0.1) is 5.92 Å². The number of nitrogens with one attached hydrogen (secondary N) is 1. The number of amides is 1. The van der Waals surface area contributed by atoms with Crippen molar-refractivity contribution < 1.29 is 14.3 Å². The summed E-state index contributed by atoms with van der Waals surface area (Å²) in [5.74, 6) is 3.10. The van der Waals surface area contributed by atoms with Gasteiger partial charge in [-0.2, -0.15) is 0 Å². The van der Waals surface area contributed by atoms with E-state index in [0.717, 1.165) is 37.7 Å². The number of rotatable bonds is 6. The lowest BCUT2D eigenvalue weighted by atomic mass is 9.99. The fourth-order valence-corrected chi connectivity index (χ4v) is 3.56. The van der Waals surface area contributed by atoms with E-state index in [2.05, 4.69) is 32.1 Å². The average molecular weight is 422 g/mol. The minimum Gasteiger partial charge on any atom is -0.493 e. The van der Waals surface area contributed by atoms with Crippen LogP contribution in [0.25, 0.3) is 5.82 Å². The number of methoxy groups -OCH3 is 2. The van der Waals surface area contributed by atoms with Crippen LogP contribution in [0.4, 0.5) is 11.5 Å². The zero-order chi connectivity index (χ0) is 21.8. The molecule has 1 saturated heterocycles. The molecule has 4 rings (SSSR count). The molecule has 162 valence electrons. The molecule has 9 heteroatoms. The molecule has 0 radical (unpaired) electrons. The van der Waals surface area contributed by atoms with Gasteiger partial charge in [0.25, 0.3) is 5.91 Å². The van der Waals surface area contributed by atoms with E-state index >= 15 is 0 Å². The topological polar surface area (TPSA) is 94.4 Å². The van der Waals surface area contributed by atoms with Crippen LogP contribution in [0.2, 0.25) is 0 Å². The van der Waals surface area contributed by atoms with Crippen LogP contribution in [0.5, 0.6) is 11.5 Å². The van der Waals surface area contributed by atoms with E-state index in [1.54, 1.807) is 55.8 Å². The highest BCUT2D eigenvalue weighted by atomic mass is 16.5. The molecule has 2 aromatic heterocycles. The highest BCUT2D eigenvalue weighted by Crippen LogP contribution is 2.30. The van der Waals surface area contributed by atoms with Crippen molar-refractivity contribution in [2.45, 2.75) is 19.8 Å². The summed E-state index contributed by atoms with van der Waals surface area (Å²) in [6.07, 6.45) is 7.09. The second-order valence-corrected chi connectivity index (χ2v) is 7.59. The summed E-state index contributed by atoms with van der Waals surface area (Å²) in [5.41, 5.74) is 0.864. The van der Waals surface area contributed by atoms with Crippen LogP contribution < -0.4 is 19.7 Å². The number of imidazole rings is 1. The molecular formula is C22H26N6O3. The number of anilines is 2. The SMILES string of the molecule is COc1ccc(NC(=O)c2cn(-c3cc(N4CCC(C)CC4)ncn3)cn2)cc1OC. The highest BCUT2D eigenvalue weighted by Gasteiger charge is 2.18. The van der Waals surface area contributed by atoms with Gasteiger partial charge in [-0.1, -0.05) is 6.92 Å². The smallest absolute Gasteiger partial charge is 0.275 e. The first-order valence-electron chi connectivity index (χ1n) is 10.2. The third-order valence-electron chi connectivity index (χ3n) is 5.47. The predicted octanol–water partition coefficient (Wildman–Crippen LogP) is 3.17. The van der Waals surface area contributed by atoms with E-state index in [-0.39, 0.29) is 11.6 Å². The van der Waals surface area contributed by atoms with Gasteiger partial charge in [0.15, 0.2) is 11.5 Å². The van der Waals surface area contributed by atoms with Crippen LogP contribution in [0.1, 0.15) is 30.3 Å². The Kier molecular flexibility index (Phi) is 6.01. The Morgan fingerprint density at radius 2 is 1.77 bits per heavy atom. The Bertz CT molecular complexity index is 1060. The summed E-state index contributed by atoms with van der Waals surface area (Å²) in [6, 6.07) is 7.10. The summed E-state index contributed by atoms with van der Waals surface area (Å²) in [6.45, 7) is 4.25. The largest absolute Gasteiger partial charge is 0.493 e. The average Bonchev–Trinajstić information content (AvgIpc) is 3.30. The monoisotopic (exact) mass is 422 g/mol. The predicted molar refractivity (Wildman–Crippen MR) is 117 cm³/mol. The van der Waals surface area contributed by atoms with Gasteiger partial charge in [-0.15, -0.1) is 0 Å². The molecule has 0 saturated carbocycles. The lowest BCUT2D eigenvalue weighted by Crippen LogP contribution is -2.33. The first-order chi connectivity index (χ1) is 15.1. The Hall–Kier alpha value is -3.62. The minimum atomic E-state index is -0.328. The first-order valence-corrected chi connectivity index (χ1v) is 10.2. The number of ether oxygens (including phenoxy) is 2. The fourth-order valence-electron chi connectivity index (χ4n) is 3.56. The van der Waals surface area contributed by atoms with Gasteiger partial charge in [-0.05, 0) is 30.9 Å². The molecule has 3 heterocycles. The number of aromatic nitrogens is 4. The maximum atomic E-state index is 12.7.